The van der Waals surface area contributed by atoms with Gasteiger partial charge in [0.25, 0.3) is 0 Å². The lowest BCUT2D eigenvalue weighted by Crippen LogP contribution is -2.44. The Morgan fingerprint density at radius 2 is 2.10 bits per heavy atom. The standard InChI is InChI=1S/C20H18F2N6O/c21-15-8-17-19(22)11(6-16(15)25-17)5-12-9-24-20(27-26-12)14-2-1-13(7-18(14)29)28-4-3-23-10-28/h1-5,7,9-10,15-17,19,25,29H,6,8H2/b11-5+/t15-,16-,17-,19-/m0/s1. The molecule has 9 heteroatoms. The molecule has 1 aromatic carbocycles. The van der Waals surface area contributed by atoms with Gasteiger partial charge in [-0.05, 0) is 36.6 Å². The molecule has 2 aliphatic heterocycles. The summed E-state index contributed by atoms with van der Waals surface area (Å²) in [5.41, 5.74) is 2.09. The first kappa shape index (κ1) is 17.9. The first-order valence-corrected chi connectivity index (χ1v) is 9.34. The van der Waals surface area contributed by atoms with Crippen LogP contribution in [0.25, 0.3) is 23.2 Å². The summed E-state index contributed by atoms with van der Waals surface area (Å²) in [6, 6.07) is 4.26. The van der Waals surface area contributed by atoms with Crippen LogP contribution in [0.3, 0.4) is 0 Å². The first-order chi connectivity index (χ1) is 14.1. The van der Waals surface area contributed by atoms with Crippen LogP contribution in [0.15, 0.2) is 48.7 Å². The van der Waals surface area contributed by atoms with E-state index in [9.17, 15) is 13.9 Å². The van der Waals surface area contributed by atoms with E-state index in [1.165, 1.54) is 6.20 Å². The lowest BCUT2D eigenvalue weighted by Gasteiger charge is -2.27. The van der Waals surface area contributed by atoms with Crippen LogP contribution in [0.4, 0.5) is 8.78 Å². The highest BCUT2D eigenvalue weighted by molar-refractivity contribution is 5.66. The van der Waals surface area contributed by atoms with Crippen molar-refractivity contribution in [3.05, 3.63) is 54.4 Å². The van der Waals surface area contributed by atoms with Crippen LogP contribution in [0.1, 0.15) is 18.5 Å². The molecule has 4 heterocycles. The number of aromatic hydroxyl groups is 1. The van der Waals surface area contributed by atoms with E-state index in [1.54, 1.807) is 41.5 Å². The highest BCUT2D eigenvalue weighted by Gasteiger charge is 2.44. The van der Waals surface area contributed by atoms with Gasteiger partial charge in [0.1, 0.15) is 23.8 Å². The van der Waals surface area contributed by atoms with Gasteiger partial charge in [-0.1, -0.05) is 0 Å². The molecule has 0 aliphatic carbocycles. The topological polar surface area (TPSA) is 88.8 Å². The van der Waals surface area contributed by atoms with Crippen LogP contribution >= 0.6 is 0 Å². The Morgan fingerprint density at radius 3 is 2.83 bits per heavy atom. The van der Waals surface area contributed by atoms with Gasteiger partial charge < -0.3 is 15.0 Å². The van der Waals surface area contributed by atoms with E-state index in [1.807, 2.05) is 6.07 Å². The number of fused-ring (bicyclic) bond motifs is 2. The number of nitrogens with one attached hydrogen (secondary N) is 1. The van der Waals surface area contributed by atoms with E-state index in [-0.39, 0.29) is 24.0 Å². The van der Waals surface area contributed by atoms with E-state index in [0.29, 0.717) is 23.3 Å². The van der Waals surface area contributed by atoms with Gasteiger partial charge in [-0.25, -0.2) is 18.7 Å². The number of hydrogen-bond donors (Lipinski definition) is 2. The number of aromatic nitrogens is 5. The molecule has 0 saturated carbocycles. The zero-order valence-electron chi connectivity index (χ0n) is 15.3. The molecule has 2 aliphatic rings. The van der Waals surface area contributed by atoms with E-state index < -0.39 is 18.4 Å². The van der Waals surface area contributed by atoms with Gasteiger partial charge in [0.15, 0.2) is 5.82 Å². The fraction of sp³-hybridized carbons (Fsp3) is 0.300. The molecule has 0 amide bonds. The van der Waals surface area contributed by atoms with Crippen molar-refractivity contribution in [3.63, 3.8) is 0 Å². The summed E-state index contributed by atoms with van der Waals surface area (Å²) in [5.74, 6) is 0.268. The van der Waals surface area contributed by atoms with Crippen LogP contribution < -0.4 is 5.32 Å². The molecule has 3 aromatic rings. The van der Waals surface area contributed by atoms with E-state index in [4.69, 9.17) is 0 Å². The van der Waals surface area contributed by atoms with Crippen molar-refractivity contribution in [2.45, 2.75) is 37.3 Å². The number of benzene rings is 1. The highest BCUT2D eigenvalue weighted by atomic mass is 19.1. The minimum Gasteiger partial charge on any atom is -0.507 e. The lowest BCUT2D eigenvalue weighted by atomic mass is 9.96. The minimum atomic E-state index is -1.24. The van der Waals surface area contributed by atoms with Crippen molar-refractivity contribution < 1.29 is 13.9 Å². The van der Waals surface area contributed by atoms with E-state index in [2.05, 4.69) is 25.5 Å². The van der Waals surface area contributed by atoms with Crippen molar-refractivity contribution in [1.29, 1.82) is 0 Å². The van der Waals surface area contributed by atoms with Gasteiger partial charge in [-0.2, -0.15) is 0 Å². The Balaban J connectivity index is 1.38. The monoisotopic (exact) mass is 396 g/mol. The average Bonchev–Trinajstić information content (AvgIpc) is 3.36. The summed E-state index contributed by atoms with van der Waals surface area (Å²) in [7, 11) is 0. The Morgan fingerprint density at radius 1 is 1.21 bits per heavy atom. The number of imidazole rings is 1. The summed E-state index contributed by atoms with van der Waals surface area (Å²) in [5, 5.41) is 21.5. The number of alkyl halides is 2. The average molecular weight is 396 g/mol. The van der Waals surface area contributed by atoms with Crippen LogP contribution in [-0.4, -0.2) is 54.3 Å². The minimum absolute atomic E-state index is 0.0110. The van der Waals surface area contributed by atoms with Gasteiger partial charge in [0, 0.05) is 30.5 Å². The molecule has 5 rings (SSSR count). The van der Waals surface area contributed by atoms with Gasteiger partial charge in [-0.3, -0.25) is 0 Å². The van der Waals surface area contributed by atoms with E-state index >= 15 is 0 Å². The predicted octanol–water partition coefficient (Wildman–Crippen LogP) is 2.62. The fourth-order valence-corrected chi connectivity index (χ4v) is 3.95. The smallest absolute Gasteiger partial charge is 0.185 e. The maximum absolute atomic E-state index is 14.5. The highest BCUT2D eigenvalue weighted by Crippen LogP contribution is 2.35. The molecule has 4 atom stereocenters. The summed E-state index contributed by atoms with van der Waals surface area (Å²) in [4.78, 5) is 8.23. The van der Waals surface area contributed by atoms with Gasteiger partial charge in [-0.15, -0.1) is 10.2 Å². The maximum Gasteiger partial charge on any atom is 0.185 e. The molecule has 0 radical (unpaired) electrons. The molecule has 2 fully saturated rings. The Labute approximate surface area is 165 Å². The number of halogens is 2. The number of phenolic OH excluding ortho intramolecular Hbond substituents is 1. The molecule has 2 N–H and O–H groups in total. The second kappa shape index (κ2) is 7.00. The SMILES string of the molecule is Oc1cc(-n2ccnc2)ccc1-c1ncc(/C=C2\C[C@@H]3N[C@@H](C[C@@H]3F)[C@H]2F)nn1. The molecular formula is C20H18F2N6O. The summed E-state index contributed by atoms with van der Waals surface area (Å²) in [6.45, 7) is 0. The van der Waals surface area contributed by atoms with Crippen LogP contribution in [0, 0.1) is 0 Å². The number of nitrogens with zero attached hydrogens (tertiary/aromatic N) is 5. The molecule has 29 heavy (non-hydrogen) atoms. The van der Waals surface area contributed by atoms with Crippen LogP contribution in [0.5, 0.6) is 5.75 Å². The van der Waals surface area contributed by atoms with Crippen molar-refractivity contribution in [1.82, 2.24) is 30.0 Å². The Hall–Kier alpha value is -3.20. The number of phenols is 1. The number of piperidine rings is 1. The van der Waals surface area contributed by atoms with Crippen LogP contribution in [-0.2, 0) is 0 Å². The maximum atomic E-state index is 14.5. The molecule has 0 spiro atoms. The normalized spacial score (nSPS) is 27.4. The van der Waals surface area contributed by atoms with Crippen molar-refractivity contribution in [2.24, 2.45) is 0 Å². The van der Waals surface area contributed by atoms with Gasteiger partial charge in [0.2, 0.25) is 0 Å². The number of rotatable bonds is 3. The van der Waals surface area contributed by atoms with E-state index in [0.717, 1.165) is 5.69 Å². The zero-order chi connectivity index (χ0) is 20.0. The second-order valence-electron chi connectivity index (χ2n) is 7.33. The summed E-state index contributed by atoms with van der Waals surface area (Å²) in [6.07, 6.45) is 6.35. The predicted molar refractivity (Wildman–Crippen MR) is 102 cm³/mol. The molecule has 2 saturated heterocycles. The van der Waals surface area contributed by atoms with Crippen molar-refractivity contribution in [2.75, 3.05) is 0 Å². The van der Waals surface area contributed by atoms with Crippen LogP contribution in [0.2, 0.25) is 0 Å². The third kappa shape index (κ3) is 3.27. The lowest BCUT2D eigenvalue weighted by molar-refractivity contribution is 0.265. The first-order valence-electron chi connectivity index (χ1n) is 9.34. The molecule has 2 aromatic heterocycles. The summed E-state index contributed by atoms with van der Waals surface area (Å²) >= 11 is 0. The molecule has 2 bridgehead atoms. The third-order valence-electron chi connectivity index (χ3n) is 5.44. The molecule has 7 nitrogen and oxygen atoms in total. The Kier molecular flexibility index (Phi) is 4.31. The number of hydrogen-bond acceptors (Lipinski definition) is 6. The quantitative estimate of drug-likeness (QED) is 0.708. The summed E-state index contributed by atoms with van der Waals surface area (Å²) < 4.78 is 30.1. The molecular weight excluding hydrogens is 378 g/mol. The van der Waals surface area contributed by atoms with Gasteiger partial charge >= 0.3 is 0 Å². The fourth-order valence-electron chi connectivity index (χ4n) is 3.95. The van der Waals surface area contributed by atoms with Gasteiger partial charge in [0.05, 0.1) is 23.8 Å². The van der Waals surface area contributed by atoms with Crippen molar-refractivity contribution >= 4 is 6.08 Å². The largest absolute Gasteiger partial charge is 0.507 e. The molecule has 0 unspecified atom stereocenters. The second-order valence-corrected chi connectivity index (χ2v) is 7.33. The Bertz CT molecular complexity index is 1050. The zero-order valence-corrected chi connectivity index (χ0v) is 15.3. The third-order valence-corrected chi connectivity index (χ3v) is 5.44. The van der Waals surface area contributed by atoms with Crippen molar-refractivity contribution in [3.8, 4) is 22.8 Å². The molecule has 148 valence electrons.